The van der Waals surface area contributed by atoms with Crippen molar-refractivity contribution in [3.63, 3.8) is 0 Å². The Balaban J connectivity index is 1.51. The quantitative estimate of drug-likeness (QED) is 0.705. The van der Waals surface area contributed by atoms with Crippen LogP contribution < -0.4 is 10.2 Å². The van der Waals surface area contributed by atoms with Gasteiger partial charge >= 0.3 is 0 Å². The zero-order chi connectivity index (χ0) is 20.4. The molecule has 1 aliphatic heterocycles. The van der Waals surface area contributed by atoms with E-state index in [2.05, 4.69) is 20.4 Å². The summed E-state index contributed by atoms with van der Waals surface area (Å²) < 4.78 is 24.0. The summed E-state index contributed by atoms with van der Waals surface area (Å²) in [5.74, 6) is 0.758. The van der Waals surface area contributed by atoms with Crippen molar-refractivity contribution >= 4 is 28.5 Å². The lowest BCUT2D eigenvalue weighted by Crippen LogP contribution is -2.37. The third-order valence-corrected chi connectivity index (χ3v) is 4.88. The summed E-state index contributed by atoms with van der Waals surface area (Å²) in [6.45, 7) is 6.31. The molecule has 152 valence electrons. The van der Waals surface area contributed by atoms with E-state index in [1.54, 1.807) is 13.0 Å². The predicted molar refractivity (Wildman–Crippen MR) is 105 cm³/mol. The Morgan fingerprint density at radius 2 is 2.03 bits per heavy atom. The maximum Gasteiger partial charge on any atom is 0.263 e. The molecule has 4 rings (SSSR count). The van der Waals surface area contributed by atoms with Crippen molar-refractivity contribution in [2.75, 3.05) is 36.5 Å². The highest BCUT2D eigenvalue weighted by atomic mass is 19.1. The summed E-state index contributed by atoms with van der Waals surface area (Å²) in [5.41, 5.74) is 2.41. The summed E-state index contributed by atoms with van der Waals surface area (Å²) in [6.07, 6.45) is 0.539. The van der Waals surface area contributed by atoms with Gasteiger partial charge in [-0.3, -0.25) is 4.79 Å². The molecule has 1 amide bonds. The molecule has 29 heavy (non-hydrogen) atoms. The maximum atomic E-state index is 13.2. The van der Waals surface area contributed by atoms with Crippen LogP contribution in [0, 0.1) is 19.7 Å². The lowest BCUT2D eigenvalue weighted by Gasteiger charge is -2.28. The van der Waals surface area contributed by atoms with E-state index < -0.39 is 0 Å². The van der Waals surface area contributed by atoms with Gasteiger partial charge in [-0.2, -0.15) is 4.98 Å². The molecule has 1 aliphatic rings. The number of nitrogens with zero attached hydrogens (tertiary/aromatic N) is 4. The largest absolute Gasteiger partial charge is 0.378 e. The molecule has 0 atom stereocenters. The molecule has 8 nitrogen and oxygen atoms in total. The second kappa shape index (κ2) is 8.12. The van der Waals surface area contributed by atoms with Gasteiger partial charge in [-0.05, 0) is 37.6 Å². The normalized spacial score (nSPS) is 14.4. The van der Waals surface area contributed by atoms with Crippen LogP contribution in [0.2, 0.25) is 0 Å². The van der Waals surface area contributed by atoms with Crippen molar-refractivity contribution in [1.82, 2.24) is 15.1 Å². The molecule has 2 aromatic heterocycles. The number of anilines is 2. The Bertz CT molecular complexity index is 1050. The molecular formula is C20H22FN5O3. The minimum absolute atomic E-state index is 0.190. The molecule has 1 aromatic carbocycles. The average Bonchev–Trinajstić information content (AvgIpc) is 3.09. The molecule has 1 fully saturated rings. The molecule has 1 saturated heterocycles. The Morgan fingerprint density at radius 3 is 2.79 bits per heavy atom. The van der Waals surface area contributed by atoms with Gasteiger partial charge in [-0.15, -0.1) is 0 Å². The van der Waals surface area contributed by atoms with Gasteiger partial charge in [0.25, 0.3) is 5.71 Å². The molecule has 9 heteroatoms. The molecule has 0 saturated carbocycles. The van der Waals surface area contributed by atoms with Gasteiger partial charge in [0.2, 0.25) is 5.91 Å². The second-order valence-electron chi connectivity index (χ2n) is 7.02. The maximum absolute atomic E-state index is 13.2. The second-order valence-corrected chi connectivity index (χ2v) is 7.02. The lowest BCUT2D eigenvalue weighted by molar-refractivity contribution is -0.116. The number of carbonyl (C=O) groups is 1. The molecule has 0 bridgehead atoms. The minimum Gasteiger partial charge on any atom is -0.378 e. The van der Waals surface area contributed by atoms with E-state index in [9.17, 15) is 9.18 Å². The molecular weight excluding hydrogens is 377 g/mol. The van der Waals surface area contributed by atoms with Crippen LogP contribution in [0.25, 0.3) is 11.1 Å². The number of rotatable bonds is 5. The van der Waals surface area contributed by atoms with E-state index in [1.165, 1.54) is 12.1 Å². The number of nitrogens with one attached hydrogen (secondary N) is 1. The zero-order valence-corrected chi connectivity index (χ0v) is 16.4. The van der Waals surface area contributed by atoms with E-state index in [1.807, 2.05) is 6.92 Å². The van der Waals surface area contributed by atoms with Crippen molar-refractivity contribution in [1.29, 1.82) is 0 Å². The highest BCUT2D eigenvalue weighted by molar-refractivity contribution is 5.92. The van der Waals surface area contributed by atoms with Crippen molar-refractivity contribution in [2.24, 2.45) is 0 Å². The number of aryl methyl sites for hydroxylation is 3. The van der Waals surface area contributed by atoms with Crippen molar-refractivity contribution in [3.05, 3.63) is 41.1 Å². The van der Waals surface area contributed by atoms with Crippen LogP contribution in [-0.2, 0) is 16.0 Å². The van der Waals surface area contributed by atoms with E-state index in [0.29, 0.717) is 42.4 Å². The van der Waals surface area contributed by atoms with Crippen LogP contribution in [0.5, 0.6) is 0 Å². The van der Waals surface area contributed by atoms with Crippen LogP contribution in [0.4, 0.5) is 15.9 Å². The number of benzene rings is 1. The number of amides is 1. The summed E-state index contributed by atoms with van der Waals surface area (Å²) in [5, 5.41) is 7.61. The van der Waals surface area contributed by atoms with Gasteiger partial charge in [0.15, 0.2) is 0 Å². The monoisotopic (exact) mass is 399 g/mol. The number of hydrogen-bond donors (Lipinski definition) is 1. The van der Waals surface area contributed by atoms with Crippen molar-refractivity contribution in [3.8, 4) is 0 Å². The van der Waals surface area contributed by atoms with Crippen LogP contribution in [0.3, 0.4) is 0 Å². The topological polar surface area (TPSA) is 93.4 Å². The molecule has 1 N–H and O–H groups in total. The summed E-state index contributed by atoms with van der Waals surface area (Å²) in [6, 6.07) is 4.26. The number of halogens is 1. The number of hydrogen-bond acceptors (Lipinski definition) is 7. The SMILES string of the molecule is Cc1cc(F)ccc1NC(=O)CCc1nc(N2CCOCC2)c2c(C)noc2n1. The Morgan fingerprint density at radius 1 is 1.24 bits per heavy atom. The van der Waals surface area contributed by atoms with Crippen LogP contribution in [0.1, 0.15) is 23.5 Å². The Hall–Kier alpha value is -3.07. The molecule has 0 aliphatic carbocycles. The standard InChI is InChI=1S/C20H22FN5O3/c1-12-11-14(21)3-4-15(12)22-17(27)6-5-16-23-19(26-7-9-28-10-8-26)18-13(2)25-29-20(18)24-16/h3-4,11H,5-10H2,1-2H3,(H,22,27). The predicted octanol–water partition coefficient (Wildman–Crippen LogP) is 2.78. The van der Waals surface area contributed by atoms with E-state index in [-0.39, 0.29) is 18.1 Å². The average molecular weight is 399 g/mol. The molecule has 3 aromatic rings. The Labute approximate surface area is 167 Å². The van der Waals surface area contributed by atoms with Gasteiger partial charge in [-0.25, -0.2) is 9.37 Å². The molecule has 0 radical (unpaired) electrons. The van der Waals surface area contributed by atoms with Crippen LogP contribution in [-0.4, -0.2) is 47.3 Å². The van der Waals surface area contributed by atoms with Gasteiger partial charge in [0.05, 0.1) is 18.9 Å². The highest BCUT2D eigenvalue weighted by Crippen LogP contribution is 2.28. The van der Waals surface area contributed by atoms with E-state index in [0.717, 1.165) is 30.0 Å². The highest BCUT2D eigenvalue weighted by Gasteiger charge is 2.22. The number of aromatic nitrogens is 3. The lowest BCUT2D eigenvalue weighted by atomic mass is 10.2. The van der Waals surface area contributed by atoms with Gasteiger partial charge < -0.3 is 19.5 Å². The first-order valence-electron chi connectivity index (χ1n) is 9.53. The summed E-state index contributed by atoms with van der Waals surface area (Å²) in [4.78, 5) is 23.6. The van der Waals surface area contributed by atoms with Gasteiger partial charge in [0, 0.05) is 31.6 Å². The number of ether oxygens (including phenoxy) is 1. The fourth-order valence-corrected chi connectivity index (χ4v) is 3.33. The fraction of sp³-hybridized carbons (Fsp3) is 0.400. The van der Waals surface area contributed by atoms with Crippen LogP contribution in [0.15, 0.2) is 22.7 Å². The van der Waals surface area contributed by atoms with E-state index >= 15 is 0 Å². The van der Waals surface area contributed by atoms with Crippen LogP contribution >= 0.6 is 0 Å². The Kier molecular flexibility index (Phi) is 5.39. The van der Waals surface area contributed by atoms with Crippen molar-refractivity contribution in [2.45, 2.75) is 26.7 Å². The number of fused-ring (bicyclic) bond motifs is 1. The molecule has 0 spiro atoms. The third kappa shape index (κ3) is 4.19. The number of morpholine rings is 1. The first-order chi connectivity index (χ1) is 14.0. The van der Waals surface area contributed by atoms with Gasteiger partial charge in [0.1, 0.15) is 22.8 Å². The number of carbonyl (C=O) groups excluding carboxylic acids is 1. The first-order valence-corrected chi connectivity index (χ1v) is 9.53. The molecule has 0 unspecified atom stereocenters. The summed E-state index contributed by atoms with van der Waals surface area (Å²) in [7, 11) is 0. The smallest absolute Gasteiger partial charge is 0.263 e. The third-order valence-electron chi connectivity index (χ3n) is 4.88. The molecule has 3 heterocycles. The zero-order valence-electron chi connectivity index (χ0n) is 16.4. The first kappa shape index (κ1) is 19.3. The minimum atomic E-state index is -0.333. The fourth-order valence-electron chi connectivity index (χ4n) is 3.33. The summed E-state index contributed by atoms with van der Waals surface area (Å²) >= 11 is 0. The van der Waals surface area contributed by atoms with E-state index in [4.69, 9.17) is 14.2 Å². The van der Waals surface area contributed by atoms with Crippen molar-refractivity contribution < 1.29 is 18.4 Å². The van der Waals surface area contributed by atoms with Gasteiger partial charge in [-0.1, -0.05) is 5.16 Å².